The lowest BCUT2D eigenvalue weighted by molar-refractivity contribution is 0.477. The third-order valence-electron chi connectivity index (χ3n) is 3.30. The molecule has 130 valence electrons. The number of thiol groups is 1. The summed E-state index contributed by atoms with van der Waals surface area (Å²) in [5.74, 6) is -3.07. The molecule has 11 heteroatoms. The second-order valence-corrected chi connectivity index (χ2v) is 5.59. The molecule has 2 heterocycles. The van der Waals surface area contributed by atoms with Gasteiger partial charge in [-0.25, -0.2) is 22.8 Å². The highest BCUT2D eigenvalue weighted by molar-refractivity contribution is 7.80. The van der Waals surface area contributed by atoms with Gasteiger partial charge < -0.3 is 0 Å². The van der Waals surface area contributed by atoms with E-state index in [-0.39, 0.29) is 29.4 Å². The Morgan fingerprint density at radius 3 is 2.52 bits per heavy atom. The zero-order valence-electron chi connectivity index (χ0n) is 12.8. The van der Waals surface area contributed by atoms with Crippen LogP contribution in [0.1, 0.15) is 17.1 Å². The minimum absolute atomic E-state index is 0.0149. The molecule has 0 unspecified atom stereocenters. The van der Waals surface area contributed by atoms with Crippen molar-refractivity contribution in [2.45, 2.75) is 18.1 Å². The fourth-order valence-corrected chi connectivity index (χ4v) is 2.33. The van der Waals surface area contributed by atoms with Gasteiger partial charge in [0.1, 0.15) is 17.8 Å². The van der Waals surface area contributed by atoms with Crippen molar-refractivity contribution in [3.63, 3.8) is 0 Å². The number of aromatic nitrogens is 6. The average Bonchev–Trinajstić information content (AvgIpc) is 2.94. The summed E-state index contributed by atoms with van der Waals surface area (Å²) in [4.78, 5) is 19.6. The smallest absolute Gasteiger partial charge is 0.265 e. The van der Waals surface area contributed by atoms with E-state index in [2.05, 4.69) is 32.8 Å². The summed E-state index contributed by atoms with van der Waals surface area (Å²) in [6.45, 7) is -0.280. The predicted octanol–water partition coefficient (Wildman–Crippen LogP) is 1.11. The summed E-state index contributed by atoms with van der Waals surface area (Å²) in [6.07, 6.45) is 1.48. The van der Waals surface area contributed by atoms with Gasteiger partial charge in [0.25, 0.3) is 5.56 Å². The fraction of sp³-hybridized carbons (Fsp3) is 0.214. The van der Waals surface area contributed by atoms with Crippen molar-refractivity contribution in [3.05, 3.63) is 63.3 Å². The molecule has 0 bridgehead atoms. The zero-order chi connectivity index (χ0) is 18.1. The van der Waals surface area contributed by atoms with E-state index in [4.69, 9.17) is 0 Å². The standard InChI is InChI=1S/C14H11F3N6OS/c1-22-6-18-12(21-22)4-11-13(24)19-14(25)23(20-11)5-7-2-9(16)10(17)3-8(7)15/h2-3,6H,4-5H2,1H3,(H,19,24,25). The van der Waals surface area contributed by atoms with Crippen molar-refractivity contribution in [1.82, 2.24) is 29.5 Å². The number of benzene rings is 1. The molecule has 3 aromatic rings. The lowest BCUT2D eigenvalue weighted by Crippen LogP contribution is -2.24. The SMILES string of the molecule is Cn1cnc(Cc2nn(Cc3cc(F)c(F)cc3F)c(S)nc2=O)n1. The molecule has 0 spiro atoms. The number of nitrogens with zero attached hydrogens (tertiary/aromatic N) is 6. The van der Waals surface area contributed by atoms with Gasteiger partial charge in [0, 0.05) is 18.7 Å². The molecular formula is C14H11F3N6OS. The normalized spacial score (nSPS) is 11.1. The maximum Gasteiger partial charge on any atom is 0.296 e. The first kappa shape index (κ1) is 17.1. The van der Waals surface area contributed by atoms with Crippen LogP contribution in [0.15, 0.2) is 28.4 Å². The van der Waals surface area contributed by atoms with Crippen molar-refractivity contribution < 1.29 is 13.2 Å². The van der Waals surface area contributed by atoms with E-state index in [1.54, 1.807) is 7.05 Å². The average molecular weight is 368 g/mol. The predicted molar refractivity (Wildman–Crippen MR) is 82.8 cm³/mol. The second-order valence-electron chi connectivity index (χ2n) is 5.19. The molecule has 2 aromatic heterocycles. The molecule has 3 rings (SSSR count). The van der Waals surface area contributed by atoms with Gasteiger partial charge in [-0.2, -0.15) is 15.2 Å². The van der Waals surface area contributed by atoms with Crippen molar-refractivity contribution in [2.24, 2.45) is 7.05 Å². The van der Waals surface area contributed by atoms with Crippen LogP contribution in [0.3, 0.4) is 0 Å². The molecule has 1 aromatic carbocycles. The maximum atomic E-state index is 13.8. The summed E-state index contributed by atoms with van der Waals surface area (Å²) in [5.41, 5.74) is -0.763. The van der Waals surface area contributed by atoms with E-state index in [1.165, 1.54) is 11.0 Å². The van der Waals surface area contributed by atoms with Crippen LogP contribution in [-0.2, 0) is 20.0 Å². The number of hydrogen-bond acceptors (Lipinski definition) is 6. The quantitative estimate of drug-likeness (QED) is 0.551. The highest BCUT2D eigenvalue weighted by Gasteiger charge is 2.15. The molecule has 0 aliphatic carbocycles. The summed E-state index contributed by atoms with van der Waals surface area (Å²) < 4.78 is 42.7. The van der Waals surface area contributed by atoms with E-state index < -0.39 is 23.0 Å². The molecule has 0 fully saturated rings. The van der Waals surface area contributed by atoms with Crippen LogP contribution in [-0.4, -0.2) is 29.5 Å². The summed E-state index contributed by atoms with van der Waals surface area (Å²) in [6, 6.07) is 1.16. The Bertz CT molecular complexity index is 1000. The van der Waals surface area contributed by atoms with Gasteiger partial charge in [-0.15, -0.1) is 12.6 Å². The Morgan fingerprint density at radius 1 is 1.12 bits per heavy atom. The first-order chi connectivity index (χ1) is 11.8. The Labute approximate surface area is 144 Å². The number of halogens is 3. The topological polar surface area (TPSA) is 78.5 Å². The molecule has 0 amide bonds. The van der Waals surface area contributed by atoms with Crippen molar-refractivity contribution in [2.75, 3.05) is 0 Å². The molecule has 7 nitrogen and oxygen atoms in total. The van der Waals surface area contributed by atoms with Crippen LogP contribution in [0.4, 0.5) is 13.2 Å². The molecule has 0 N–H and O–H groups in total. The van der Waals surface area contributed by atoms with Crippen LogP contribution >= 0.6 is 12.6 Å². The van der Waals surface area contributed by atoms with Crippen molar-refractivity contribution in [1.29, 1.82) is 0 Å². The molecule has 0 aliphatic heterocycles. The zero-order valence-corrected chi connectivity index (χ0v) is 13.7. The van der Waals surface area contributed by atoms with E-state index in [9.17, 15) is 18.0 Å². The Hall–Kier alpha value is -2.69. The monoisotopic (exact) mass is 368 g/mol. The molecule has 0 radical (unpaired) electrons. The lowest BCUT2D eigenvalue weighted by atomic mass is 10.2. The van der Waals surface area contributed by atoms with Gasteiger partial charge in [0.05, 0.1) is 13.0 Å². The first-order valence-electron chi connectivity index (χ1n) is 6.98. The molecule has 0 saturated carbocycles. The number of aryl methyl sites for hydroxylation is 1. The van der Waals surface area contributed by atoms with Gasteiger partial charge in [-0.05, 0) is 6.07 Å². The van der Waals surface area contributed by atoms with Gasteiger partial charge in [-0.1, -0.05) is 0 Å². The minimum atomic E-state index is -1.29. The molecular weight excluding hydrogens is 357 g/mol. The van der Waals surface area contributed by atoms with Crippen molar-refractivity contribution in [3.8, 4) is 0 Å². The third kappa shape index (κ3) is 3.71. The minimum Gasteiger partial charge on any atom is -0.265 e. The highest BCUT2D eigenvalue weighted by atomic mass is 32.1. The van der Waals surface area contributed by atoms with Crippen LogP contribution in [0.2, 0.25) is 0 Å². The highest BCUT2D eigenvalue weighted by Crippen LogP contribution is 2.15. The van der Waals surface area contributed by atoms with E-state index in [0.717, 1.165) is 10.7 Å². The van der Waals surface area contributed by atoms with E-state index in [1.807, 2.05) is 0 Å². The largest absolute Gasteiger partial charge is 0.296 e. The van der Waals surface area contributed by atoms with Crippen LogP contribution in [0.5, 0.6) is 0 Å². The Morgan fingerprint density at radius 2 is 1.84 bits per heavy atom. The molecule has 25 heavy (non-hydrogen) atoms. The molecule has 0 saturated heterocycles. The van der Waals surface area contributed by atoms with Crippen molar-refractivity contribution >= 4 is 12.6 Å². The van der Waals surface area contributed by atoms with E-state index in [0.29, 0.717) is 11.9 Å². The second kappa shape index (κ2) is 6.67. The van der Waals surface area contributed by atoms with Crippen LogP contribution in [0, 0.1) is 17.5 Å². The van der Waals surface area contributed by atoms with Gasteiger partial charge in [-0.3, -0.25) is 9.48 Å². The summed E-state index contributed by atoms with van der Waals surface area (Å²) in [5, 5.41) is 8.00. The Kier molecular flexibility index (Phi) is 4.57. The maximum absolute atomic E-state index is 13.8. The summed E-state index contributed by atoms with van der Waals surface area (Å²) >= 11 is 4.02. The molecule has 0 atom stereocenters. The lowest BCUT2D eigenvalue weighted by Gasteiger charge is -2.10. The van der Waals surface area contributed by atoms with Gasteiger partial charge >= 0.3 is 0 Å². The molecule has 0 aliphatic rings. The van der Waals surface area contributed by atoms with E-state index >= 15 is 0 Å². The third-order valence-corrected chi connectivity index (χ3v) is 3.63. The fourth-order valence-electron chi connectivity index (χ4n) is 2.12. The summed E-state index contributed by atoms with van der Waals surface area (Å²) in [7, 11) is 1.67. The Balaban J connectivity index is 1.95. The van der Waals surface area contributed by atoms with Gasteiger partial charge in [0.2, 0.25) is 0 Å². The number of hydrogen-bond donors (Lipinski definition) is 1. The number of rotatable bonds is 4. The first-order valence-corrected chi connectivity index (χ1v) is 7.43. The van der Waals surface area contributed by atoms with Gasteiger partial charge in [0.15, 0.2) is 22.6 Å². The van der Waals surface area contributed by atoms with Crippen LogP contribution < -0.4 is 5.56 Å². The van der Waals surface area contributed by atoms with Crippen LogP contribution in [0.25, 0.3) is 0 Å².